The van der Waals surface area contributed by atoms with Gasteiger partial charge in [0.15, 0.2) is 0 Å². The van der Waals surface area contributed by atoms with E-state index < -0.39 is 0 Å². The minimum atomic E-state index is -0.296. The second-order valence-electron chi connectivity index (χ2n) is 3.63. The predicted molar refractivity (Wildman–Crippen MR) is 54.4 cm³/mol. The normalized spacial score (nSPS) is 25.5. The Morgan fingerprint density at radius 1 is 1.57 bits per heavy atom. The molecule has 0 bridgehead atoms. The van der Waals surface area contributed by atoms with Gasteiger partial charge in [0.1, 0.15) is 0 Å². The molecule has 14 heavy (non-hydrogen) atoms. The van der Waals surface area contributed by atoms with Crippen molar-refractivity contribution < 1.29 is 4.79 Å². The minimum Gasteiger partial charge on any atom is -0.292 e. The van der Waals surface area contributed by atoms with Crippen molar-refractivity contribution in [3.63, 3.8) is 0 Å². The fourth-order valence-electron chi connectivity index (χ4n) is 1.98. The molecule has 0 spiro atoms. The van der Waals surface area contributed by atoms with Crippen LogP contribution in [0.1, 0.15) is 32.6 Å². The molecule has 0 saturated carbocycles. The fourth-order valence-corrected chi connectivity index (χ4v) is 1.98. The standard InChI is InChI=1S/C10H15N3O/c1-2-5-8-6-3-4-7-9(8)10(14)12-13-11/h3-4,8-9H,2,5-7H2,1H3. The first kappa shape index (κ1) is 10.8. The quantitative estimate of drug-likeness (QED) is 0.294. The van der Waals surface area contributed by atoms with Crippen LogP contribution in [0, 0.1) is 11.8 Å². The first-order chi connectivity index (χ1) is 6.79. The number of azide groups is 1. The number of nitrogens with zero attached hydrogens (tertiary/aromatic N) is 3. The lowest BCUT2D eigenvalue weighted by atomic mass is 9.80. The first-order valence-electron chi connectivity index (χ1n) is 5.03. The number of carbonyl (C=O) groups excluding carboxylic acids is 1. The van der Waals surface area contributed by atoms with Crippen LogP contribution in [0.3, 0.4) is 0 Å². The average molecular weight is 193 g/mol. The van der Waals surface area contributed by atoms with E-state index in [0.717, 1.165) is 25.7 Å². The summed E-state index contributed by atoms with van der Waals surface area (Å²) in [6.45, 7) is 2.10. The van der Waals surface area contributed by atoms with Crippen LogP contribution in [0.25, 0.3) is 10.4 Å². The first-order valence-corrected chi connectivity index (χ1v) is 5.03. The van der Waals surface area contributed by atoms with E-state index in [4.69, 9.17) is 5.53 Å². The Balaban J connectivity index is 2.68. The molecule has 0 fully saturated rings. The molecule has 0 radical (unpaired) electrons. The Hall–Kier alpha value is -1.28. The maximum atomic E-state index is 11.4. The Morgan fingerprint density at radius 2 is 2.29 bits per heavy atom. The zero-order chi connectivity index (χ0) is 10.4. The summed E-state index contributed by atoms with van der Waals surface area (Å²) >= 11 is 0. The molecule has 4 heteroatoms. The smallest absolute Gasteiger partial charge is 0.222 e. The zero-order valence-electron chi connectivity index (χ0n) is 8.39. The van der Waals surface area contributed by atoms with E-state index >= 15 is 0 Å². The van der Waals surface area contributed by atoms with E-state index in [1.165, 1.54) is 0 Å². The van der Waals surface area contributed by atoms with Gasteiger partial charge in [-0.1, -0.05) is 25.5 Å². The van der Waals surface area contributed by atoms with Crippen molar-refractivity contribution >= 4 is 5.91 Å². The van der Waals surface area contributed by atoms with Crippen LogP contribution >= 0.6 is 0 Å². The molecule has 0 aromatic carbocycles. The Morgan fingerprint density at radius 3 is 2.93 bits per heavy atom. The van der Waals surface area contributed by atoms with Gasteiger partial charge in [-0.05, 0) is 35.8 Å². The second kappa shape index (κ2) is 5.45. The molecule has 0 aromatic rings. The van der Waals surface area contributed by atoms with Crippen LogP contribution in [0.15, 0.2) is 17.3 Å². The molecule has 0 saturated heterocycles. The van der Waals surface area contributed by atoms with Gasteiger partial charge in [-0.15, -0.1) is 0 Å². The maximum absolute atomic E-state index is 11.4. The van der Waals surface area contributed by atoms with Gasteiger partial charge < -0.3 is 0 Å². The molecule has 0 N–H and O–H groups in total. The molecular formula is C10H15N3O. The van der Waals surface area contributed by atoms with Gasteiger partial charge in [0.2, 0.25) is 5.91 Å². The van der Waals surface area contributed by atoms with E-state index in [1.807, 2.05) is 6.08 Å². The van der Waals surface area contributed by atoms with E-state index in [-0.39, 0.29) is 11.8 Å². The summed E-state index contributed by atoms with van der Waals surface area (Å²) in [6.07, 6.45) is 7.87. The topological polar surface area (TPSA) is 65.8 Å². The molecule has 1 aliphatic carbocycles. The van der Waals surface area contributed by atoms with Gasteiger partial charge in [-0.2, -0.15) is 0 Å². The van der Waals surface area contributed by atoms with Crippen LogP contribution < -0.4 is 0 Å². The van der Waals surface area contributed by atoms with E-state index in [1.54, 1.807) is 0 Å². The summed E-state index contributed by atoms with van der Waals surface area (Å²) in [6, 6.07) is 0. The van der Waals surface area contributed by atoms with Crippen molar-refractivity contribution in [2.75, 3.05) is 0 Å². The Labute approximate surface area is 83.6 Å². The number of carbonyl (C=O) groups is 1. The fraction of sp³-hybridized carbons (Fsp3) is 0.700. The second-order valence-corrected chi connectivity index (χ2v) is 3.63. The lowest BCUT2D eigenvalue weighted by Gasteiger charge is -2.25. The summed E-state index contributed by atoms with van der Waals surface area (Å²) < 4.78 is 0. The van der Waals surface area contributed by atoms with Gasteiger partial charge in [0.25, 0.3) is 0 Å². The van der Waals surface area contributed by atoms with E-state index in [0.29, 0.717) is 5.92 Å². The van der Waals surface area contributed by atoms with Crippen molar-refractivity contribution in [2.24, 2.45) is 17.0 Å². The molecular weight excluding hydrogens is 178 g/mol. The van der Waals surface area contributed by atoms with E-state index in [9.17, 15) is 4.79 Å². The van der Waals surface area contributed by atoms with Crippen molar-refractivity contribution in [3.8, 4) is 0 Å². The van der Waals surface area contributed by atoms with Crippen molar-refractivity contribution in [3.05, 3.63) is 22.6 Å². The van der Waals surface area contributed by atoms with Gasteiger partial charge in [-0.3, -0.25) is 4.79 Å². The van der Waals surface area contributed by atoms with Crippen LogP contribution in [-0.2, 0) is 4.79 Å². The van der Waals surface area contributed by atoms with Crippen LogP contribution in [0.2, 0.25) is 0 Å². The van der Waals surface area contributed by atoms with Crippen molar-refractivity contribution in [1.82, 2.24) is 0 Å². The number of allylic oxidation sites excluding steroid dienone is 2. The zero-order valence-corrected chi connectivity index (χ0v) is 8.39. The number of amides is 1. The summed E-state index contributed by atoms with van der Waals surface area (Å²) in [5.41, 5.74) is 8.20. The van der Waals surface area contributed by atoms with Crippen molar-refractivity contribution in [2.45, 2.75) is 32.6 Å². The lowest BCUT2D eigenvalue weighted by molar-refractivity contribution is -0.123. The molecule has 1 rings (SSSR count). The summed E-state index contributed by atoms with van der Waals surface area (Å²) in [5.74, 6) is -0.0193. The summed E-state index contributed by atoms with van der Waals surface area (Å²) in [7, 11) is 0. The SMILES string of the molecule is CCCC1CC=CCC1C(=O)N=[N+]=[N-]. The Kier molecular flexibility index (Phi) is 4.20. The number of hydrogen-bond acceptors (Lipinski definition) is 1. The minimum absolute atomic E-state index is 0.0872. The summed E-state index contributed by atoms with van der Waals surface area (Å²) in [5, 5.41) is 3.19. The monoisotopic (exact) mass is 193 g/mol. The van der Waals surface area contributed by atoms with Gasteiger partial charge >= 0.3 is 0 Å². The third-order valence-corrected chi connectivity index (χ3v) is 2.68. The van der Waals surface area contributed by atoms with Gasteiger partial charge in [0.05, 0.1) is 0 Å². The summed E-state index contributed by atoms with van der Waals surface area (Å²) in [4.78, 5) is 14.0. The van der Waals surface area contributed by atoms with Crippen molar-refractivity contribution in [1.29, 1.82) is 0 Å². The molecule has 4 nitrogen and oxygen atoms in total. The number of hydrogen-bond donors (Lipinski definition) is 0. The van der Waals surface area contributed by atoms with Gasteiger partial charge in [-0.25, -0.2) is 0 Å². The third-order valence-electron chi connectivity index (χ3n) is 2.68. The molecule has 0 aromatic heterocycles. The highest BCUT2D eigenvalue weighted by Crippen LogP contribution is 2.30. The molecule has 1 amide bonds. The molecule has 1 aliphatic rings. The van der Waals surface area contributed by atoms with Crippen LogP contribution in [-0.4, -0.2) is 5.91 Å². The molecule has 2 unspecified atom stereocenters. The molecule has 0 aliphatic heterocycles. The highest BCUT2D eigenvalue weighted by atomic mass is 16.1. The molecule has 76 valence electrons. The molecule has 2 atom stereocenters. The largest absolute Gasteiger partial charge is 0.292 e. The van der Waals surface area contributed by atoms with Crippen LogP contribution in [0.5, 0.6) is 0 Å². The average Bonchev–Trinajstić information content (AvgIpc) is 2.19. The number of rotatable bonds is 3. The predicted octanol–water partition coefficient (Wildman–Crippen LogP) is 3.21. The molecule has 0 heterocycles. The highest BCUT2D eigenvalue weighted by molar-refractivity contribution is 5.80. The van der Waals surface area contributed by atoms with E-state index in [2.05, 4.69) is 23.0 Å². The maximum Gasteiger partial charge on any atom is 0.222 e. The van der Waals surface area contributed by atoms with Gasteiger partial charge in [0, 0.05) is 10.8 Å². The lowest BCUT2D eigenvalue weighted by Crippen LogP contribution is -2.23. The third kappa shape index (κ3) is 2.60. The van der Waals surface area contributed by atoms with Crippen LogP contribution in [0.4, 0.5) is 0 Å². The Bertz CT molecular complexity index is 279. The highest BCUT2D eigenvalue weighted by Gasteiger charge is 2.26.